The number of nitrogens with one attached hydrogen (secondary N) is 1. The number of aromatic carboxylic acids is 1. The normalized spacial score (nSPS) is 10.3. The molecule has 0 unspecified atom stereocenters. The van der Waals surface area contributed by atoms with E-state index in [1.54, 1.807) is 29.9 Å². The minimum Gasteiger partial charge on any atom is -0.478 e. The second-order valence-corrected chi connectivity index (χ2v) is 4.32. The van der Waals surface area contributed by atoms with Crippen LogP contribution in [0.1, 0.15) is 33.3 Å². The monoisotopic (exact) mass is 273 g/mol. The maximum Gasteiger partial charge on any atom is 0.335 e. The Bertz CT molecular complexity index is 644. The van der Waals surface area contributed by atoms with E-state index >= 15 is 0 Å². The van der Waals surface area contributed by atoms with Gasteiger partial charge in [0.25, 0.3) is 5.91 Å². The van der Waals surface area contributed by atoms with Gasteiger partial charge in [-0.05, 0) is 38.1 Å². The largest absolute Gasteiger partial charge is 0.478 e. The van der Waals surface area contributed by atoms with Gasteiger partial charge >= 0.3 is 5.97 Å². The number of aromatic nitrogens is 2. The van der Waals surface area contributed by atoms with E-state index in [2.05, 4.69) is 10.4 Å². The summed E-state index contributed by atoms with van der Waals surface area (Å²) in [4.78, 5) is 22.8. The van der Waals surface area contributed by atoms with Gasteiger partial charge in [0.15, 0.2) is 0 Å². The van der Waals surface area contributed by atoms with Crippen molar-refractivity contribution in [2.45, 2.75) is 20.4 Å². The van der Waals surface area contributed by atoms with Gasteiger partial charge in [-0.15, -0.1) is 0 Å². The number of carbonyl (C=O) groups is 2. The van der Waals surface area contributed by atoms with Gasteiger partial charge in [-0.1, -0.05) is 0 Å². The summed E-state index contributed by atoms with van der Waals surface area (Å²) in [6, 6.07) is 6.00. The Hall–Kier alpha value is -2.63. The average Bonchev–Trinajstić information content (AvgIpc) is 2.80. The molecule has 0 aliphatic rings. The molecule has 0 bridgehead atoms. The Morgan fingerprint density at radius 1 is 1.30 bits per heavy atom. The molecule has 0 saturated heterocycles. The van der Waals surface area contributed by atoms with Crippen molar-refractivity contribution >= 4 is 17.6 Å². The van der Waals surface area contributed by atoms with Gasteiger partial charge in [0.1, 0.15) is 0 Å². The number of carboxylic acid groups (broad SMARTS) is 1. The van der Waals surface area contributed by atoms with Crippen LogP contribution < -0.4 is 5.32 Å². The summed E-state index contributed by atoms with van der Waals surface area (Å²) < 4.78 is 1.69. The molecule has 0 aliphatic carbocycles. The highest BCUT2D eigenvalue weighted by Crippen LogP contribution is 2.13. The molecule has 2 rings (SSSR count). The number of hydrogen-bond donors (Lipinski definition) is 2. The predicted octanol–water partition coefficient (Wildman–Crippen LogP) is 2.16. The van der Waals surface area contributed by atoms with Gasteiger partial charge in [0.2, 0.25) is 0 Å². The lowest BCUT2D eigenvalue weighted by Gasteiger charge is -2.04. The Morgan fingerprint density at radius 2 is 1.95 bits per heavy atom. The molecule has 1 amide bonds. The highest BCUT2D eigenvalue weighted by molar-refractivity contribution is 6.05. The van der Waals surface area contributed by atoms with Gasteiger partial charge in [0, 0.05) is 18.4 Å². The maximum atomic E-state index is 12.1. The summed E-state index contributed by atoms with van der Waals surface area (Å²) >= 11 is 0. The Labute approximate surface area is 116 Å². The van der Waals surface area contributed by atoms with E-state index < -0.39 is 5.97 Å². The molecule has 104 valence electrons. The molecule has 6 nitrogen and oxygen atoms in total. The van der Waals surface area contributed by atoms with Gasteiger partial charge in [-0.2, -0.15) is 5.10 Å². The number of rotatable bonds is 4. The summed E-state index contributed by atoms with van der Waals surface area (Å²) in [6.45, 7) is 4.41. The van der Waals surface area contributed by atoms with Crippen LogP contribution in [0, 0.1) is 6.92 Å². The average molecular weight is 273 g/mol. The third-order valence-electron chi connectivity index (χ3n) is 2.90. The second-order valence-electron chi connectivity index (χ2n) is 4.32. The van der Waals surface area contributed by atoms with Crippen LogP contribution in [0.3, 0.4) is 0 Å². The van der Waals surface area contributed by atoms with E-state index in [-0.39, 0.29) is 11.5 Å². The SMILES string of the molecule is CCn1cc(C(=O)Nc2ccc(C(=O)O)cc2)c(C)n1. The number of hydrogen-bond acceptors (Lipinski definition) is 3. The van der Waals surface area contributed by atoms with Crippen LogP contribution in [0.2, 0.25) is 0 Å². The van der Waals surface area contributed by atoms with E-state index in [9.17, 15) is 9.59 Å². The first kappa shape index (κ1) is 13.8. The number of anilines is 1. The van der Waals surface area contributed by atoms with Crippen LogP contribution in [0.4, 0.5) is 5.69 Å². The van der Waals surface area contributed by atoms with Gasteiger partial charge in [-0.3, -0.25) is 9.48 Å². The lowest BCUT2D eigenvalue weighted by molar-refractivity contribution is 0.0696. The zero-order chi connectivity index (χ0) is 14.7. The van der Waals surface area contributed by atoms with Crippen molar-refractivity contribution in [3.63, 3.8) is 0 Å². The molecule has 1 aromatic heterocycles. The van der Waals surface area contributed by atoms with Crippen molar-refractivity contribution < 1.29 is 14.7 Å². The number of benzene rings is 1. The molecular formula is C14H15N3O3. The number of carbonyl (C=O) groups excluding carboxylic acids is 1. The van der Waals surface area contributed by atoms with Gasteiger partial charge < -0.3 is 10.4 Å². The molecule has 0 radical (unpaired) electrons. The van der Waals surface area contributed by atoms with Crippen molar-refractivity contribution in [1.82, 2.24) is 9.78 Å². The second kappa shape index (κ2) is 5.56. The molecular weight excluding hydrogens is 258 g/mol. The predicted molar refractivity (Wildman–Crippen MR) is 74.0 cm³/mol. The molecule has 0 atom stereocenters. The Balaban J connectivity index is 2.14. The van der Waals surface area contributed by atoms with E-state index in [0.29, 0.717) is 23.5 Å². The summed E-state index contributed by atoms with van der Waals surface area (Å²) in [6.07, 6.45) is 1.69. The van der Waals surface area contributed by atoms with Crippen molar-refractivity contribution in [1.29, 1.82) is 0 Å². The maximum absolute atomic E-state index is 12.1. The molecule has 1 aromatic carbocycles. The minimum absolute atomic E-state index is 0.179. The van der Waals surface area contributed by atoms with E-state index in [0.717, 1.165) is 0 Å². The van der Waals surface area contributed by atoms with Crippen molar-refractivity contribution in [3.8, 4) is 0 Å². The molecule has 2 N–H and O–H groups in total. The van der Waals surface area contributed by atoms with Gasteiger partial charge in [0.05, 0.1) is 16.8 Å². The summed E-state index contributed by atoms with van der Waals surface area (Å²) in [5, 5.41) is 15.7. The molecule has 1 heterocycles. The fourth-order valence-electron chi connectivity index (χ4n) is 1.80. The number of nitrogens with zero attached hydrogens (tertiary/aromatic N) is 2. The Kier molecular flexibility index (Phi) is 3.84. The lowest BCUT2D eigenvalue weighted by Crippen LogP contribution is -2.12. The highest BCUT2D eigenvalue weighted by atomic mass is 16.4. The first-order chi connectivity index (χ1) is 9.51. The fourth-order valence-corrected chi connectivity index (χ4v) is 1.80. The molecule has 6 heteroatoms. The summed E-state index contributed by atoms with van der Waals surface area (Å²) in [7, 11) is 0. The number of amides is 1. The highest BCUT2D eigenvalue weighted by Gasteiger charge is 2.13. The molecule has 0 saturated carbocycles. The molecule has 0 fully saturated rings. The molecule has 0 aliphatic heterocycles. The zero-order valence-electron chi connectivity index (χ0n) is 11.3. The van der Waals surface area contributed by atoms with E-state index in [1.807, 2.05) is 6.92 Å². The smallest absolute Gasteiger partial charge is 0.335 e. The quantitative estimate of drug-likeness (QED) is 0.894. The standard InChI is InChI=1S/C14H15N3O3/c1-3-17-8-12(9(2)16-17)13(18)15-11-6-4-10(5-7-11)14(19)20/h4-8H,3H2,1-2H3,(H,15,18)(H,19,20). The van der Waals surface area contributed by atoms with Crippen LogP contribution in [0.25, 0.3) is 0 Å². The van der Waals surface area contributed by atoms with Crippen molar-refractivity contribution in [3.05, 3.63) is 47.3 Å². The van der Waals surface area contributed by atoms with E-state index in [4.69, 9.17) is 5.11 Å². The topological polar surface area (TPSA) is 84.2 Å². The molecule has 2 aromatic rings. The Morgan fingerprint density at radius 3 is 2.45 bits per heavy atom. The third-order valence-corrected chi connectivity index (χ3v) is 2.90. The minimum atomic E-state index is -0.997. The van der Waals surface area contributed by atoms with Crippen LogP contribution >= 0.6 is 0 Å². The number of carboxylic acids is 1. The van der Waals surface area contributed by atoms with Crippen LogP contribution in [0.5, 0.6) is 0 Å². The van der Waals surface area contributed by atoms with Gasteiger partial charge in [-0.25, -0.2) is 4.79 Å². The fraction of sp³-hybridized carbons (Fsp3) is 0.214. The van der Waals surface area contributed by atoms with Crippen molar-refractivity contribution in [2.75, 3.05) is 5.32 Å². The number of aryl methyl sites for hydroxylation is 2. The zero-order valence-corrected chi connectivity index (χ0v) is 11.3. The third kappa shape index (κ3) is 2.85. The van der Waals surface area contributed by atoms with Crippen LogP contribution in [0.15, 0.2) is 30.5 Å². The molecule has 20 heavy (non-hydrogen) atoms. The summed E-state index contributed by atoms with van der Waals surface area (Å²) in [5.41, 5.74) is 1.89. The summed E-state index contributed by atoms with van der Waals surface area (Å²) in [5.74, 6) is -1.26. The van der Waals surface area contributed by atoms with E-state index in [1.165, 1.54) is 12.1 Å². The lowest BCUT2D eigenvalue weighted by atomic mass is 10.2. The van der Waals surface area contributed by atoms with Crippen LogP contribution in [-0.4, -0.2) is 26.8 Å². The van der Waals surface area contributed by atoms with Crippen molar-refractivity contribution in [2.24, 2.45) is 0 Å². The molecule has 0 spiro atoms. The first-order valence-corrected chi connectivity index (χ1v) is 6.20. The first-order valence-electron chi connectivity index (χ1n) is 6.20. The van der Waals surface area contributed by atoms with Crippen LogP contribution in [-0.2, 0) is 6.54 Å².